The molecule has 0 spiro atoms. The van der Waals surface area contributed by atoms with Gasteiger partial charge in [0.25, 0.3) is 10.2 Å². The van der Waals surface area contributed by atoms with Crippen molar-refractivity contribution in [2.24, 2.45) is 0 Å². The zero-order valence-corrected chi connectivity index (χ0v) is 17.6. The number of hydrogen-bond donors (Lipinski definition) is 0. The van der Waals surface area contributed by atoms with Gasteiger partial charge in [0, 0.05) is 56.7 Å². The number of piperazine rings is 1. The molecule has 0 bridgehead atoms. The Bertz CT molecular complexity index is 955. The van der Waals surface area contributed by atoms with Crippen molar-refractivity contribution in [2.75, 3.05) is 57.4 Å². The molecule has 0 aromatic carbocycles. The van der Waals surface area contributed by atoms with Crippen LogP contribution in [0.25, 0.3) is 11.5 Å². The molecule has 2 aromatic rings. The van der Waals surface area contributed by atoms with Crippen molar-refractivity contribution in [3.63, 3.8) is 0 Å². The minimum atomic E-state index is -3.44. The van der Waals surface area contributed by atoms with Gasteiger partial charge >= 0.3 is 0 Å². The summed E-state index contributed by atoms with van der Waals surface area (Å²) in [5.41, 5.74) is 2.64. The molecule has 29 heavy (non-hydrogen) atoms. The van der Waals surface area contributed by atoms with Gasteiger partial charge in [-0.15, -0.1) is 0 Å². The Kier molecular flexibility index (Phi) is 5.77. The summed E-state index contributed by atoms with van der Waals surface area (Å²) in [4.78, 5) is 15.8. The van der Waals surface area contributed by atoms with Crippen LogP contribution in [0.15, 0.2) is 24.4 Å². The molecule has 4 rings (SSSR count). The number of ether oxygens (including phenoxy) is 1. The van der Waals surface area contributed by atoms with Crippen LogP contribution in [0.2, 0.25) is 0 Å². The lowest BCUT2D eigenvalue weighted by Gasteiger charge is -2.38. The second-order valence-corrected chi connectivity index (χ2v) is 9.13. The van der Waals surface area contributed by atoms with Crippen molar-refractivity contribution in [3.8, 4) is 11.5 Å². The molecule has 0 radical (unpaired) electrons. The first-order chi connectivity index (χ1) is 14.0. The quantitative estimate of drug-likeness (QED) is 0.727. The number of morpholine rings is 1. The largest absolute Gasteiger partial charge is 0.379 e. The van der Waals surface area contributed by atoms with Crippen LogP contribution in [0.4, 0.5) is 5.82 Å². The van der Waals surface area contributed by atoms with Gasteiger partial charge in [-0.05, 0) is 26.0 Å². The average molecular weight is 419 g/mol. The summed E-state index contributed by atoms with van der Waals surface area (Å²) in [6.45, 7) is 7.74. The van der Waals surface area contributed by atoms with Gasteiger partial charge in [-0.25, -0.2) is 9.97 Å². The van der Waals surface area contributed by atoms with E-state index in [0.29, 0.717) is 58.3 Å². The fourth-order valence-corrected chi connectivity index (χ4v) is 5.16. The SMILES string of the molecule is Cc1nc(-c2ccccn2)nc(N2CCN(S(=O)(=O)N3CCOCC3)CC2)c1C. The molecule has 2 fully saturated rings. The highest BCUT2D eigenvalue weighted by molar-refractivity contribution is 7.86. The summed E-state index contributed by atoms with van der Waals surface area (Å²) in [6.07, 6.45) is 1.73. The van der Waals surface area contributed by atoms with Crippen LogP contribution in [0, 0.1) is 13.8 Å². The summed E-state index contributed by atoms with van der Waals surface area (Å²) in [6, 6.07) is 5.66. The lowest BCUT2D eigenvalue weighted by atomic mass is 10.2. The van der Waals surface area contributed by atoms with Crippen LogP contribution in [0.3, 0.4) is 0 Å². The predicted molar refractivity (Wildman–Crippen MR) is 110 cm³/mol. The Labute approximate surface area is 171 Å². The molecule has 0 amide bonds. The maximum absolute atomic E-state index is 12.9. The predicted octanol–water partition coefficient (Wildman–Crippen LogP) is 0.854. The molecule has 2 saturated heterocycles. The van der Waals surface area contributed by atoms with E-state index in [4.69, 9.17) is 9.72 Å². The fraction of sp³-hybridized carbons (Fsp3) is 0.526. The molecule has 2 aliphatic rings. The van der Waals surface area contributed by atoms with Crippen LogP contribution in [0.5, 0.6) is 0 Å². The van der Waals surface area contributed by atoms with E-state index >= 15 is 0 Å². The van der Waals surface area contributed by atoms with E-state index in [0.717, 1.165) is 22.8 Å². The van der Waals surface area contributed by atoms with Crippen molar-refractivity contribution in [2.45, 2.75) is 13.8 Å². The second-order valence-electron chi connectivity index (χ2n) is 7.20. The molecule has 0 unspecified atom stereocenters. The molecule has 156 valence electrons. The summed E-state index contributed by atoms with van der Waals surface area (Å²) in [5, 5.41) is 0. The molecule has 0 aliphatic carbocycles. The zero-order chi connectivity index (χ0) is 20.4. The highest BCUT2D eigenvalue weighted by Gasteiger charge is 2.34. The van der Waals surface area contributed by atoms with Gasteiger partial charge in [-0.1, -0.05) is 6.07 Å². The highest BCUT2D eigenvalue weighted by Crippen LogP contribution is 2.25. The van der Waals surface area contributed by atoms with E-state index in [9.17, 15) is 8.42 Å². The van der Waals surface area contributed by atoms with Gasteiger partial charge in [0.05, 0.1) is 13.2 Å². The summed E-state index contributed by atoms with van der Waals surface area (Å²) < 4.78 is 34.1. The van der Waals surface area contributed by atoms with Gasteiger partial charge in [0.15, 0.2) is 5.82 Å². The minimum Gasteiger partial charge on any atom is -0.379 e. The van der Waals surface area contributed by atoms with Crippen molar-refractivity contribution in [1.82, 2.24) is 23.6 Å². The zero-order valence-electron chi connectivity index (χ0n) is 16.8. The van der Waals surface area contributed by atoms with Gasteiger partial charge in [0.1, 0.15) is 11.5 Å². The molecule has 4 heterocycles. The molecule has 0 N–H and O–H groups in total. The third kappa shape index (κ3) is 4.11. The topological polar surface area (TPSA) is 91.8 Å². The molecule has 2 aromatic heterocycles. The van der Waals surface area contributed by atoms with E-state index in [1.54, 1.807) is 10.5 Å². The summed E-state index contributed by atoms with van der Waals surface area (Å²) >= 11 is 0. The Hall–Kier alpha value is -2.14. The van der Waals surface area contributed by atoms with Crippen LogP contribution in [-0.4, -0.2) is 84.5 Å². The Morgan fingerprint density at radius 2 is 1.62 bits per heavy atom. The third-order valence-corrected chi connectivity index (χ3v) is 7.45. The normalized spacial score (nSPS) is 19.4. The van der Waals surface area contributed by atoms with Gasteiger partial charge in [0.2, 0.25) is 0 Å². The smallest absolute Gasteiger partial charge is 0.282 e. The number of aromatic nitrogens is 3. The fourth-order valence-electron chi connectivity index (χ4n) is 3.60. The van der Waals surface area contributed by atoms with Crippen LogP contribution < -0.4 is 4.90 Å². The first-order valence-electron chi connectivity index (χ1n) is 9.81. The van der Waals surface area contributed by atoms with Crippen LogP contribution in [-0.2, 0) is 14.9 Å². The van der Waals surface area contributed by atoms with E-state index in [-0.39, 0.29) is 0 Å². The monoisotopic (exact) mass is 418 g/mol. The number of anilines is 1. The first kappa shape index (κ1) is 20.1. The van der Waals surface area contributed by atoms with Crippen molar-refractivity contribution in [1.29, 1.82) is 0 Å². The van der Waals surface area contributed by atoms with Crippen molar-refractivity contribution >= 4 is 16.0 Å². The van der Waals surface area contributed by atoms with Crippen molar-refractivity contribution in [3.05, 3.63) is 35.7 Å². The third-order valence-electron chi connectivity index (χ3n) is 5.42. The van der Waals surface area contributed by atoms with E-state index < -0.39 is 10.2 Å². The molecule has 0 atom stereocenters. The molecule has 0 saturated carbocycles. The van der Waals surface area contributed by atoms with Gasteiger partial charge in [-0.3, -0.25) is 4.98 Å². The van der Waals surface area contributed by atoms with Gasteiger partial charge < -0.3 is 9.64 Å². The lowest BCUT2D eigenvalue weighted by molar-refractivity contribution is 0.0700. The number of hydrogen-bond acceptors (Lipinski definition) is 7. The number of aryl methyl sites for hydroxylation is 1. The standard InChI is InChI=1S/C19H26N6O3S/c1-15-16(2)21-18(17-5-3-4-6-20-17)22-19(15)23-7-9-24(10-8-23)29(26,27)25-11-13-28-14-12-25/h3-6H,7-14H2,1-2H3. The number of rotatable bonds is 4. The van der Waals surface area contributed by atoms with E-state index in [2.05, 4.69) is 14.9 Å². The van der Waals surface area contributed by atoms with E-state index in [1.165, 1.54) is 4.31 Å². The number of nitrogens with zero attached hydrogens (tertiary/aromatic N) is 6. The van der Waals surface area contributed by atoms with Crippen molar-refractivity contribution < 1.29 is 13.2 Å². The lowest BCUT2D eigenvalue weighted by Crippen LogP contribution is -2.55. The Balaban J connectivity index is 1.52. The molecule has 2 aliphatic heterocycles. The highest BCUT2D eigenvalue weighted by atomic mass is 32.2. The maximum Gasteiger partial charge on any atom is 0.282 e. The van der Waals surface area contributed by atoms with Gasteiger partial charge in [-0.2, -0.15) is 17.0 Å². The molecule has 10 heteroatoms. The molecular weight excluding hydrogens is 392 g/mol. The van der Waals surface area contributed by atoms with Crippen LogP contribution in [0.1, 0.15) is 11.3 Å². The van der Waals surface area contributed by atoms with E-state index in [1.807, 2.05) is 32.0 Å². The Morgan fingerprint density at radius 3 is 2.28 bits per heavy atom. The second kappa shape index (κ2) is 8.31. The minimum absolute atomic E-state index is 0.417. The average Bonchev–Trinajstić information content (AvgIpc) is 2.77. The molecule has 9 nitrogen and oxygen atoms in total. The Morgan fingerprint density at radius 1 is 0.931 bits per heavy atom. The summed E-state index contributed by atoms with van der Waals surface area (Å²) in [7, 11) is -3.44. The summed E-state index contributed by atoms with van der Waals surface area (Å²) in [5.74, 6) is 1.44. The number of pyridine rings is 1. The van der Waals surface area contributed by atoms with Crippen LogP contribution >= 0.6 is 0 Å². The maximum atomic E-state index is 12.9. The molecular formula is C19H26N6O3S. The first-order valence-corrected chi connectivity index (χ1v) is 11.2.